The number of carbonyl (C=O) groups is 2. The number of likely N-dealkylation sites (tertiary alicyclic amines) is 1. The molecule has 1 fully saturated rings. The summed E-state index contributed by atoms with van der Waals surface area (Å²) in [6.07, 6.45) is 6.40. The molecule has 0 radical (unpaired) electrons. The Kier molecular flexibility index (Phi) is 7.44. The van der Waals surface area contributed by atoms with Crippen molar-refractivity contribution in [2.75, 3.05) is 25.1 Å². The highest BCUT2D eigenvalue weighted by atomic mass is 19.3. The molecule has 0 unspecified atom stereocenters. The number of rotatable bonds is 9. The summed E-state index contributed by atoms with van der Waals surface area (Å²) in [6, 6.07) is 6.96. The molecule has 5 rings (SSSR count). The third-order valence-electron chi connectivity index (χ3n) is 6.73. The Labute approximate surface area is 222 Å². The monoisotopic (exact) mass is 541 g/mol. The van der Waals surface area contributed by atoms with Gasteiger partial charge in [0, 0.05) is 31.3 Å². The highest BCUT2D eigenvalue weighted by Crippen LogP contribution is 2.36. The highest BCUT2D eigenvalue weighted by Gasteiger charge is 2.30. The molecule has 12 heteroatoms. The van der Waals surface area contributed by atoms with Crippen LogP contribution in [0.25, 0.3) is 11.3 Å². The molecule has 0 bridgehead atoms. The molecule has 0 saturated carbocycles. The molecule has 1 saturated heterocycles. The predicted octanol–water partition coefficient (Wildman–Crippen LogP) is 4.01. The van der Waals surface area contributed by atoms with Crippen LogP contribution in [0.1, 0.15) is 28.9 Å². The van der Waals surface area contributed by atoms with Gasteiger partial charge >= 0.3 is 6.61 Å². The molecular formula is C27H26F3N5O4. The topological polar surface area (TPSA) is 97.7 Å². The number of para-hydroxylation sites is 1. The molecule has 1 aromatic carbocycles. The first kappa shape index (κ1) is 26.1. The number of nitrogens with zero attached hydrogens (tertiary/aromatic N) is 3. The third kappa shape index (κ3) is 5.27. The van der Waals surface area contributed by atoms with Crippen molar-refractivity contribution in [3.63, 3.8) is 0 Å². The zero-order valence-corrected chi connectivity index (χ0v) is 20.8. The average Bonchev–Trinajstić information content (AvgIpc) is 3.55. The van der Waals surface area contributed by atoms with E-state index in [9.17, 15) is 22.8 Å². The van der Waals surface area contributed by atoms with E-state index in [1.807, 2.05) is 0 Å². The number of fused-ring (bicyclic) bond motifs is 1. The minimum atomic E-state index is -3.24. The van der Waals surface area contributed by atoms with E-state index in [0.717, 1.165) is 18.9 Å². The van der Waals surface area contributed by atoms with Crippen molar-refractivity contribution in [2.24, 2.45) is 0 Å². The molecule has 9 nitrogen and oxygen atoms in total. The summed E-state index contributed by atoms with van der Waals surface area (Å²) in [6.45, 7) is 1.50. The second kappa shape index (κ2) is 11.1. The van der Waals surface area contributed by atoms with Gasteiger partial charge in [-0.3, -0.25) is 24.7 Å². The molecule has 39 heavy (non-hydrogen) atoms. The maximum atomic E-state index is 14.5. The first-order chi connectivity index (χ1) is 18.9. The van der Waals surface area contributed by atoms with Crippen LogP contribution in [0.15, 0.2) is 55.4 Å². The van der Waals surface area contributed by atoms with Gasteiger partial charge in [-0.25, -0.2) is 4.39 Å². The average molecular weight is 542 g/mol. The van der Waals surface area contributed by atoms with Gasteiger partial charge in [-0.05, 0) is 43.2 Å². The molecule has 2 aliphatic rings. The molecule has 0 spiro atoms. The van der Waals surface area contributed by atoms with Crippen molar-refractivity contribution in [3.8, 4) is 22.8 Å². The van der Waals surface area contributed by atoms with Crippen LogP contribution in [0.5, 0.6) is 11.5 Å². The molecule has 2 aliphatic heterocycles. The number of amides is 2. The third-order valence-corrected chi connectivity index (χ3v) is 6.73. The summed E-state index contributed by atoms with van der Waals surface area (Å²) in [5.41, 5.74) is 4.87. The number of anilines is 1. The summed E-state index contributed by atoms with van der Waals surface area (Å²) >= 11 is 0. The summed E-state index contributed by atoms with van der Waals surface area (Å²) in [5.74, 6) is -1.70. The fourth-order valence-electron chi connectivity index (χ4n) is 4.94. The second-order valence-electron chi connectivity index (χ2n) is 9.05. The van der Waals surface area contributed by atoms with E-state index in [1.54, 1.807) is 27.9 Å². The van der Waals surface area contributed by atoms with Crippen LogP contribution in [0.3, 0.4) is 0 Å². The summed E-state index contributed by atoms with van der Waals surface area (Å²) in [7, 11) is 0. The Bertz CT molecular complexity index is 1410. The summed E-state index contributed by atoms with van der Waals surface area (Å²) < 4.78 is 52.7. The number of aromatic nitrogens is 2. The van der Waals surface area contributed by atoms with Crippen molar-refractivity contribution >= 4 is 17.5 Å². The minimum Gasteiger partial charge on any atom is -0.489 e. The number of hydrogen-bond acceptors (Lipinski definition) is 6. The SMILES string of the molecule is C=CC(=O)N1CCC[C@H]1COc1cnccc1-c1cc2c(n1Nc1cccc(F)c1OC(F)F)CCNC2=O. The Morgan fingerprint density at radius 2 is 2.15 bits per heavy atom. The van der Waals surface area contributed by atoms with Crippen molar-refractivity contribution in [2.45, 2.75) is 31.9 Å². The Morgan fingerprint density at radius 3 is 2.95 bits per heavy atom. The van der Waals surface area contributed by atoms with Gasteiger partial charge in [0.2, 0.25) is 5.91 Å². The number of nitrogens with one attached hydrogen (secondary N) is 2. The molecular weight excluding hydrogens is 515 g/mol. The first-order valence-corrected chi connectivity index (χ1v) is 12.4. The Balaban J connectivity index is 1.53. The van der Waals surface area contributed by atoms with E-state index in [4.69, 9.17) is 4.74 Å². The first-order valence-electron chi connectivity index (χ1n) is 12.4. The largest absolute Gasteiger partial charge is 0.489 e. The number of ether oxygens (including phenoxy) is 2. The van der Waals surface area contributed by atoms with Crippen LogP contribution >= 0.6 is 0 Å². The van der Waals surface area contributed by atoms with E-state index in [1.165, 1.54) is 24.4 Å². The van der Waals surface area contributed by atoms with Gasteiger partial charge in [0.15, 0.2) is 11.6 Å². The summed E-state index contributed by atoms with van der Waals surface area (Å²) in [4.78, 5) is 30.8. The molecule has 204 valence electrons. The van der Waals surface area contributed by atoms with E-state index in [0.29, 0.717) is 47.8 Å². The molecule has 1 atom stereocenters. The van der Waals surface area contributed by atoms with Crippen LogP contribution in [-0.2, 0) is 11.2 Å². The number of pyridine rings is 1. The van der Waals surface area contributed by atoms with E-state index in [2.05, 4.69) is 27.0 Å². The minimum absolute atomic E-state index is 0.0537. The van der Waals surface area contributed by atoms with Gasteiger partial charge in [-0.2, -0.15) is 8.78 Å². The molecule has 3 aromatic rings. The van der Waals surface area contributed by atoms with Crippen LogP contribution < -0.4 is 20.2 Å². The van der Waals surface area contributed by atoms with Crippen molar-refractivity contribution in [1.29, 1.82) is 0 Å². The predicted molar refractivity (Wildman–Crippen MR) is 136 cm³/mol. The van der Waals surface area contributed by atoms with E-state index >= 15 is 0 Å². The Hall–Kier alpha value is -4.48. The molecule has 0 aliphatic carbocycles. The van der Waals surface area contributed by atoms with Crippen LogP contribution in [0, 0.1) is 5.82 Å². The van der Waals surface area contributed by atoms with E-state index < -0.39 is 18.2 Å². The van der Waals surface area contributed by atoms with Gasteiger partial charge in [0.1, 0.15) is 12.4 Å². The lowest BCUT2D eigenvalue weighted by Gasteiger charge is -2.24. The van der Waals surface area contributed by atoms with Crippen LogP contribution in [-0.4, -0.2) is 58.7 Å². The zero-order chi connectivity index (χ0) is 27.5. The number of benzene rings is 1. The summed E-state index contributed by atoms with van der Waals surface area (Å²) in [5, 5.41) is 2.79. The van der Waals surface area contributed by atoms with Gasteiger partial charge in [-0.15, -0.1) is 0 Å². The molecule has 4 heterocycles. The highest BCUT2D eigenvalue weighted by molar-refractivity contribution is 5.98. The maximum absolute atomic E-state index is 14.5. The van der Waals surface area contributed by atoms with Crippen LogP contribution in [0.4, 0.5) is 18.9 Å². The van der Waals surface area contributed by atoms with E-state index in [-0.39, 0.29) is 30.2 Å². The van der Waals surface area contributed by atoms with Gasteiger partial charge < -0.3 is 19.7 Å². The van der Waals surface area contributed by atoms with Gasteiger partial charge in [0.05, 0.1) is 34.9 Å². The quantitative estimate of drug-likeness (QED) is 0.398. The van der Waals surface area contributed by atoms with Crippen molar-refractivity contribution in [3.05, 3.63) is 72.5 Å². The van der Waals surface area contributed by atoms with Gasteiger partial charge in [0.25, 0.3) is 5.91 Å². The second-order valence-corrected chi connectivity index (χ2v) is 9.05. The molecule has 2 aromatic heterocycles. The van der Waals surface area contributed by atoms with Gasteiger partial charge in [-0.1, -0.05) is 12.6 Å². The number of halogens is 3. The molecule has 2 N–H and O–H groups in total. The van der Waals surface area contributed by atoms with Crippen LogP contribution in [0.2, 0.25) is 0 Å². The normalized spacial score (nSPS) is 16.6. The lowest BCUT2D eigenvalue weighted by molar-refractivity contribution is -0.127. The Morgan fingerprint density at radius 1 is 1.31 bits per heavy atom. The standard InChI is InChI=1S/C27H26F3N5O4/c1-2-24(36)34-12-4-5-16(34)15-38-23-14-31-10-8-17(23)22-13-18-21(9-11-32-26(18)37)35(22)33-20-7-3-6-19(28)25(20)39-27(29)30/h2-3,6-8,10,13-14,16,27,33H,1,4-5,9,11-12,15H2,(H,32,37)/t16-/m0/s1. The lowest BCUT2D eigenvalue weighted by atomic mass is 10.1. The number of carbonyl (C=O) groups excluding carboxylic acids is 2. The fourth-order valence-corrected chi connectivity index (χ4v) is 4.94. The maximum Gasteiger partial charge on any atom is 0.387 e. The zero-order valence-electron chi connectivity index (χ0n) is 20.8. The number of hydrogen-bond donors (Lipinski definition) is 2. The van der Waals surface area contributed by atoms with Crippen molar-refractivity contribution in [1.82, 2.24) is 19.9 Å². The van der Waals surface area contributed by atoms with Crippen molar-refractivity contribution < 1.29 is 32.2 Å². The fraction of sp³-hybridized carbons (Fsp3) is 0.296. The molecule has 2 amide bonds. The number of alkyl halides is 2. The lowest BCUT2D eigenvalue weighted by Crippen LogP contribution is -2.38. The smallest absolute Gasteiger partial charge is 0.387 e.